The lowest BCUT2D eigenvalue weighted by Gasteiger charge is -2.14. The highest BCUT2D eigenvalue weighted by Gasteiger charge is 2.01. The third-order valence-corrected chi connectivity index (χ3v) is 2.25. The fourth-order valence-electron chi connectivity index (χ4n) is 1.20. The SMILES string of the molecule is CCC(CC)NOCCn1ccnc1. The van der Waals surface area contributed by atoms with Gasteiger partial charge in [-0.3, -0.25) is 4.84 Å². The van der Waals surface area contributed by atoms with Gasteiger partial charge in [0.25, 0.3) is 0 Å². The van der Waals surface area contributed by atoms with Crippen molar-refractivity contribution in [3.8, 4) is 0 Å². The molecule has 0 spiro atoms. The number of imidazole rings is 1. The monoisotopic (exact) mass is 197 g/mol. The van der Waals surface area contributed by atoms with Crippen LogP contribution in [-0.2, 0) is 11.4 Å². The molecule has 4 nitrogen and oxygen atoms in total. The maximum absolute atomic E-state index is 5.35. The highest BCUT2D eigenvalue weighted by Crippen LogP contribution is 1.95. The molecule has 0 aliphatic rings. The van der Waals surface area contributed by atoms with Crippen LogP contribution in [0.5, 0.6) is 0 Å². The average molecular weight is 197 g/mol. The van der Waals surface area contributed by atoms with Crippen LogP contribution >= 0.6 is 0 Å². The number of rotatable bonds is 7. The second-order valence-electron chi connectivity index (χ2n) is 3.28. The maximum atomic E-state index is 5.35. The van der Waals surface area contributed by atoms with E-state index in [2.05, 4.69) is 24.3 Å². The quantitative estimate of drug-likeness (QED) is 0.533. The number of hydroxylamine groups is 1. The number of hydrogen-bond acceptors (Lipinski definition) is 3. The standard InChI is InChI=1S/C10H19N3O/c1-3-10(4-2)12-14-8-7-13-6-5-11-9-13/h5-6,9-10,12H,3-4,7-8H2,1-2H3. The maximum Gasteiger partial charge on any atom is 0.0946 e. The Balaban J connectivity index is 2.04. The summed E-state index contributed by atoms with van der Waals surface area (Å²) >= 11 is 0. The summed E-state index contributed by atoms with van der Waals surface area (Å²) in [5.74, 6) is 0. The molecule has 1 heterocycles. The molecule has 0 saturated heterocycles. The van der Waals surface area contributed by atoms with Crippen LogP contribution in [0, 0.1) is 0 Å². The molecule has 0 unspecified atom stereocenters. The van der Waals surface area contributed by atoms with Crippen LogP contribution in [0.1, 0.15) is 26.7 Å². The van der Waals surface area contributed by atoms with Crippen molar-refractivity contribution >= 4 is 0 Å². The lowest BCUT2D eigenvalue weighted by Crippen LogP contribution is -2.29. The molecule has 0 aliphatic heterocycles. The first-order valence-corrected chi connectivity index (χ1v) is 5.19. The minimum Gasteiger partial charge on any atom is -0.335 e. The van der Waals surface area contributed by atoms with Gasteiger partial charge in [-0.2, -0.15) is 5.48 Å². The molecule has 14 heavy (non-hydrogen) atoms. The van der Waals surface area contributed by atoms with Crippen LogP contribution in [0.3, 0.4) is 0 Å². The Kier molecular flexibility index (Phi) is 5.25. The van der Waals surface area contributed by atoms with Crippen molar-refractivity contribution in [3.05, 3.63) is 18.7 Å². The van der Waals surface area contributed by atoms with E-state index in [1.54, 1.807) is 12.5 Å². The van der Waals surface area contributed by atoms with Crippen LogP contribution in [-0.4, -0.2) is 22.2 Å². The molecule has 80 valence electrons. The van der Waals surface area contributed by atoms with Gasteiger partial charge in [0.2, 0.25) is 0 Å². The molecule has 0 aliphatic carbocycles. The topological polar surface area (TPSA) is 39.1 Å². The molecular weight excluding hydrogens is 178 g/mol. The highest BCUT2D eigenvalue weighted by molar-refractivity contribution is 4.73. The van der Waals surface area contributed by atoms with Gasteiger partial charge in [0, 0.05) is 25.0 Å². The second-order valence-corrected chi connectivity index (χ2v) is 3.28. The summed E-state index contributed by atoms with van der Waals surface area (Å²) in [4.78, 5) is 9.31. The van der Waals surface area contributed by atoms with E-state index >= 15 is 0 Å². The van der Waals surface area contributed by atoms with E-state index in [1.807, 2.05) is 10.8 Å². The fraction of sp³-hybridized carbons (Fsp3) is 0.700. The Morgan fingerprint density at radius 1 is 1.43 bits per heavy atom. The fourth-order valence-corrected chi connectivity index (χ4v) is 1.20. The Bertz CT molecular complexity index is 219. The summed E-state index contributed by atoms with van der Waals surface area (Å²) in [6.07, 6.45) is 7.69. The lowest BCUT2D eigenvalue weighted by atomic mass is 10.2. The van der Waals surface area contributed by atoms with E-state index < -0.39 is 0 Å². The van der Waals surface area contributed by atoms with Gasteiger partial charge in [0.15, 0.2) is 0 Å². The summed E-state index contributed by atoms with van der Waals surface area (Å²) in [6.45, 7) is 5.82. The highest BCUT2D eigenvalue weighted by atomic mass is 16.6. The third kappa shape index (κ3) is 3.89. The lowest BCUT2D eigenvalue weighted by molar-refractivity contribution is 0.00974. The molecular formula is C10H19N3O. The zero-order chi connectivity index (χ0) is 10.2. The first-order valence-electron chi connectivity index (χ1n) is 5.19. The third-order valence-electron chi connectivity index (χ3n) is 2.25. The largest absolute Gasteiger partial charge is 0.335 e. The van der Waals surface area contributed by atoms with Crippen LogP contribution in [0.4, 0.5) is 0 Å². The van der Waals surface area contributed by atoms with Crippen molar-refractivity contribution in [2.75, 3.05) is 6.61 Å². The molecule has 0 aromatic carbocycles. The first-order chi connectivity index (χ1) is 6.86. The summed E-state index contributed by atoms with van der Waals surface area (Å²) in [5, 5.41) is 0. The van der Waals surface area contributed by atoms with Crippen LogP contribution in [0.25, 0.3) is 0 Å². The van der Waals surface area contributed by atoms with Gasteiger partial charge in [-0.1, -0.05) is 13.8 Å². The molecule has 1 aromatic heterocycles. The summed E-state index contributed by atoms with van der Waals surface area (Å²) in [7, 11) is 0. The van der Waals surface area contributed by atoms with Crippen molar-refractivity contribution in [1.29, 1.82) is 0 Å². The number of aromatic nitrogens is 2. The van der Waals surface area contributed by atoms with E-state index in [0.717, 1.165) is 19.4 Å². The van der Waals surface area contributed by atoms with E-state index in [9.17, 15) is 0 Å². The first kappa shape index (κ1) is 11.2. The molecule has 0 fully saturated rings. The van der Waals surface area contributed by atoms with Crippen LogP contribution < -0.4 is 5.48 Å². The molecule has 1 aromatic rings. The zero-order valence-electron chi connectivity index (χ0n) is 8.94. The molecule has 0 saturated carbocycles. The normalized spacial score (nSPS) is 11.1. The molecule has 0 amide bonds. The van der Waals surface area contributed by atoms with Gasteiger partial charge >= 0.3 is 0 Å². The number of nitrogens with one attached hydrogen (secondary N) is 1. The summed E-state index contributed by atoms with van der Waals surface area (Å²) < 4.78 is 1.99. The van der Waals surface area contributed by atoms with Gasteiger partial charge in [-0.05, 0) is 12.8 Å². The molecule has 0 bridgehead atoms. The van der Waals surface area contributed by atoms with E-state index in [4.69, 9.17) is 4.84 Å². The predicted octanol–water partition coefficient (Wildman–Crippen LogP) is 1.59. The van der Waals surface area contributed by atoms with Crippen molar-refractivity contribution < 1.29 is 4.84 Å². The van der Waals surface area contributed by atoms with Crippen LogP contribution in [0.2, 0.25) is 0 Å². The van der Waals surface area contributed by atoms with Gasteiger partial charge in [-0.15, -0.1) is 0 Å². The Morgan fingerprint density at radius 2 is 2.21 bits per heavy atom. The van der Waals surface area contributed by atoms with Gasteiger partial charge in [0.1, 0.15) is 0 Å². The van der Waals surface area contributed by atoms with Gasteiger partial charge in [-0.25, -0.2) is 4.98 Å². The van der Waals surface area contributed by atoms with Crippen molar-refractivity contribution in [2.24, 2.45) is 0 Å². The Labute approximate surface area is 85.2 Å². The van der Waals surface area contributed by atoms with Crippen molar-refractivity contribution in [3.63, 3.8) is 0 Å². The van der Waals surface area contributed by atoms with E-state index in [1.165, 1.54) is 0 Å². The molecule has 1 N–H and O–H groups in total. The zero-order valence-corrected chi connectivity index (χ0v) is 8.94. The van der Waals surface area contributed by atoms with Gasteiger partial charge in [0.05, 0.1) is 12.9 Å². The Morgan fingerprint density at radius 3 is 2.79 bits per heavy atom. The average Bonchev–Trinajstić information content (AvgIpc) is 2.71. The summed E-state index contributed by atoms with van der Waals surface area (Å²) in [5.41, 5.74) is 3.05. The van der Waals surface area contributed by atoms with Gasteiger partial charge < -0.3 is 4.57 Å². The second kappa shape index (κ2) is 6.56. The molecule has 0 radical (unpaired) electrons. The minimum atomic E-state index is 0.470. The molecule has 4 heteroatoms. The predicted molar refractivity (Wildman–Crippen MR) is 55.7 cm³/mol. The van der Waals surface area contributed by atoms with Crippen LogP contribution in [0.15, 0.2) is 18.7 Å². The molecule has 0 atom stereocenters. The van der Waals surface area contributed by atoms with E-state index in [-0.39, 0.29) is 0 Å². The molecule has 1 rings (SSSR count). The van der Waals surface area contributed by atoms with Crippen molar-refractivity contribution in [2.45, 2.75) is 39.3 Å². The summed E-state index contributed by atoms with van der Waals surface area (Å²) in [6, 6.07) is 0.470. The number of hydrogen-bond donors (Lipinski definition) is 1. The minimum absolute atomic E-state index is 0.470. The Hall–Kier alpha value is -0.870. The number of nitrogens with zero attached hydrogens (tertiary/aromatic N) is 2. The van der Waals surface area contributed by atoms with Crippen molar-refractivity contribution in [1.82, 2.24) is 15.0 Å². The smallest absolute Gasteiger partial charge is 0.0946 e. The van der Waals surface area contributed by atoms with E-state index in [0.29, 0.717) is 12.6 Å².